The van der Waals surface area contributed by atoms with Gasteiger partial charge in [-0.25, -0.2) is 9.97 Å². The van der Waals surface area contributed by atoms with E-state index in [1.807, 2.05) is 29.0 Å². The second-order valence-corrected chi connectivity index (χ2v) is 10.6. The van der Waals surface area contributed by atoms with Crippen LogP contribution in [0.4, 0.5) is 17.6 Å². The molecule has 1 atom stereocenters. The van der Waals surface area contributed by atoms with E-state index < -0.39 is 0 Å². The third-order valence-electron chi connectivity index (χ3n) is 8.00. The molecule has 2 aliphatic rings. The molecule has 11 nitrogen and oxygen atoms in total. The van der Waals surface area contributed by atoms with Crippen molar-refractivity contribution in [2.24, 2.45) is 0 Å². The number of imidazole rings is 1. The van der Waals surface area contributed by atoms with Gasteiger partial charge in [-0.1, -0.05) is 30.3 Å². The highest BCUT2D eigenvalue weighted by Gasteiger charge is 2.31. The smallest absolute Gasteiger partial charge is 0.230 e. The standard InChI is InChI=1S/C31H37N7O4/c1-40-26-14-23(15-27(41-2)29(26)42-3)37-18-28(32-20-37)34-31-33-25-11-13-36(16-21-8-5-4-6-9-21)17-24(25)30(35-31)38-12-7-10-22(38)19-39/h4-6,8-9,14-15,18,20,22,39H,7,10-13,16-17,19H2,1-3H3,(H,33,34,35). The van der Waals surface area contributed by atoms with Crippen LogP contribution in [0, 0.1) is 0 Å². The lowest BCUT2D eigenvalue weighted by atomic mass is 10.0. The molecule has 1 fully saturated rings. The summed E-state index contributed by atoms with van der Waals surface area (Å²) in [6.07, 6.45) is 6.39. The topological polar surface area (TPSA) is 110 Å². The fourth-order valence-corrected chi connectivity index (χ4v) is 5.89. The zero-order valence-electron chi connectivity index (χ0n) is 24.3. The Bertz CT molecular complexity index is 1500. The van der Waals surface area contributed by atoms with E-state index in [9.17, 15) is 5.11 Å². The van der Waals surface area contributed by atoms with E-state index in [2.05, 4.69) is 44.4 Å². The quantitative estimate of drug-likeness (QED) is 0.290. The van der Waals surface area contributed by atoms with Gasteiger partial charge in [0.15, 0.2) is 17.3 Å². The molecule has 6 rings (SSSR count). The van der Waals surface area contributed by atoms with E-state index in [0.29, 0.717) is 29.0 Å². The number of methoxy groups -OCH3 is 3. The zero-order chi connectivity index (χ0) is 29.1. The average molecular weight is 572 g/mol. The van der Waals surface area contributed by atoms with Crippen molar-refractivity contribution in [2.75, 3.05) is 51.2 Å². The molecule has 0 aliphatic carbocycles. The van der Waals surface area contributed by atoms with Crippen molar-refractivity contribution in [1.82, 2.24) is 24.4 Å². The molecule has 2 aromatic carbocycles. The van der Waals surface area contributed by atoms with E-state index >= 15 is 0 Å². The number of anilines is 3. The molecule has 0 radical (unpaired) electrons. The van der Waals surface area contributed by atoms with Gasteiger partial charge in [-0.15, -0.1) is 0 Å². The Labute approximate surface area is 245 Å². The largest absolute Gasteiger partial charge is 0.493 e. The van der Waals surface area contributed by atoms with Crippen LogP contribution < -0.4 is 24.4 Å². The Morgan fingerprint density at radius 2 is 1.79 bits per heavy atom. The number of benzene rings is 2. The van der Waals surface area contributed by atoms with Gasteiger partial charge in [-0.2, -0.15) is 4.98 Å². The minimum absolute atomic E-state index is 0.0561. The summed E-state index contributed by atoms with van der Waals surface area (Å²) in [5.41, 5.74) is 4.28. The SMILES string of the molecule is COc1cc(-n2cnc(Nc3nc4c(c(N5CCCC5CO)n3)CN(Cc3ccccc3)CC4)c2)cc(OC)c1OC. The molecular weight excluding hydrogens is 534 g/mol. The molecule has 1 unspecified atom stereocenters. The van der Waals surface area contributed by atoms with Crippen LogP contribution in [0.2, 0.25) is 0 Å². The maximum absolute atomic E-state index is 10.1. The predicted molar refractivity (Wildman–Crippen MR) is 160 cm³/mol. The van der Waals surface area contributed by atoms with Crippen LogP contribution in [0.3, 0.4) is 0 Å². The van der Waals surface area contributed by atoms with Gasteiger partial charge in [0, 0.05) is 50.3 Å². The molecule has 4 aromatic rings. The highest BCUT2D eigenvalue weighted by Crippen LogP contribution is 2.39. The van der Waals surface area contributed by atoms with E-state index in [1.54, 1.807) is 27.7 Å². The predicted octanol–water partition coefficient (Wildman–Crippen LogP) is 3.95. The molecule has 2 aliphatic heterocycles. The van der Waals surface area contributed by atoms with Crippen LogP contribution in [0.25, 0.3) is 5.69 Å². The summed E-state index contributed by atoms with van der Waals surface area (Å²) in [6, 6.07) is 14.3. The molecule has 0 amide bonds. The van der Waals surface area contributed by atoms with Crippen molar-refractivity contribution in [3.8, 4) is 22.9 Å². The van der Waals surface area contributed by atoms with Crippen molar-refractivity contribution in [3.05, 3.63) is 71.8 Å². The molecule has 4 heterocycles. The van der Waals surface area contributed by atoms with Crippen LogP contribution in [-0.2, 0) is 19.5 Å². The Kier molecular flexibility index (Phi) is 8.11. The second kappa shape index (κ2) is 12.3. The summed E-state index contributed by atoms with van der Waals surface area (Å²) >= 11 is 0. The van der Waals surface area contributed by atoms with Gasteiger partial charge >= 0.3 is 0 Å². The number of nitrogens with zero attached hydrogens (tertiary/aromatic N) is 6. The van der Waals surface area contributed by atoms with Crippen molar-refractivity contribution >= 4 is 17.6 Å². The first-order chi connectivity index (χ1) is 20.6. The van der Waals surface area contributed by atoms with Gasteiger partial charge in [0.2, 0.25) is 11.7 Å². The minimum atomic E-state index is 0.0561. The summed E-state index contributed by atoms with van der Waals surface area (Å²) in [5, 5.41) is 13.4. The molecule has 0 spiro atoms. The number of aliphatic hydroxyl groups excluding tert-OH is 1. The van der Waals surface area contributed by atoms with Gasteiger partial charge in [-0.3, -0.25) is 4.90 Å². The molecule has 42 heavy (non-hydrogen) atoms. The Balaban J connectivity index is 1.29. The highest BCUT2D eigenvalue weighted by atomic mass is 16.5. The molecule has 0 bridgehead atoms. The summed E-state index contributed by atoms with van der Waals surface area (Å²) in [5.74, 6) is 3.66. The normalized spacial score (nSPS) is 16.8. The first kappa shape index (κ1) is 27.8. The van der Waals surface area contributed by atoms with Crippen molar-refractivity contribution in [1.29, 1.82) is 0 Å². The van der Waals surface area contributed by atoms with Crippen LogP contribution >= 0.6 is 0 Å². The number of aliphatic hydroxyl groups is 1. The monoisotopic (exact) mass is 571 g/mol. The molecule has 2 N–H and O–H groups in total. The van der Waals surface area contributed by atoms with Crippen molar-refractivity contribution < 1.29 is 19.3 Å². The number of nitrogens with one attached hydrogen (secondary N) is 1. The number of rotatable bonds is 10. The molecule has 1 saturated heterocycles. The first-order valence-electron chi connectivity index (χ1n) is 14.2. The lowest BCUT2D eigenvalue weighted by Crippen LogP contribution is -2.37. The number of aromatic nitrogens is 4. The third kappa shape index (κ3) is 5.57. The fourth-order valence-electron chi connectivity index (χ4n) is 5.89. The Morgan fingerprint density at radius 3 is 2.50 bits per heavy atom. The van der Waals surface area contributed by atoms with E-state index in [0.717, 1.165) is 68.2 Å². The number of hydrogen-bond donors (Lipinski definition) is 2. The van der Waals surface area contributed by atoms with Crippen molar-refractivity contribution in [2.45, 2.75) is 38.4 Å². The van der Waals surface area contributed by atoms with Gasteiger partial charge < -0.3 is 34.1 Å². The summed E-state index contributed by atoms with van der Waals surface area (Å²) in [4.78, 5) is 19.2. The first-order valence-corrected chi connectivity index (χ1v) is 14.2. The minimum Gasteiger partial charge on any atom is -0.493 e. The number of hydrogen-bond acceptors (Lipinski definition) is 10. The van der Waals surface area contributed by atoms with E-state index in [1.165, 1.54) is 5.56 Å². The Hall–Kier alpha value is -4.35. The van der Waals surface area contributed by atoms with Gasteiger partial charge in [0.05, 0.1) is 51.6 Å². The van der Waals surface area contributed by atoms with Gasteiger partial charge in [-0.05, 0) is 18.4 Å². The van der Waals surface area contributed by atoms with E-state index in [-0.39, 0.29) is 12.6 Å². The maximum atomic E-state index is 10.1. The molecule has 0 saturated carbocycles. The molecular formula is C31H37N7O4. The zero-order valence-corrected chi connectivity index (χ0v) is 24.3. The summed E-state index contributed by atoms with van der Waals surface area (Å²) in [6.45, 7) is 3.53. The number of ether oxygens (including phenoxy) is 3. The van der Waals surface area contributed by atoms with Gasteiger partial charge in [0.25, 0.3) is 0 Å². The Morgan fingerprint density at radius 1 is 1.00 bits per heavy atom. The van der Waals surface area contributed by atoms with E-state index in [4.69, 9.17) is 24.2 Å². The molecule has 2 aromatic heterocycles. The van der Waals surface area contributed by atoms with Crippen LogP contribution in [0.5, 0.6) is 17.2 Å². The van der Waals surface area contributed by atoms with Crippen LogP contribution in [-0.4, -0.2) is 76.6 Å². The lowest BCUT2D eigenvalue weighted by Gasteiger charge is -2.33. The summed E-state index contributed by atoms with van der Waals surface area (Å²) < 4.78 is 18.4. The van der Waals surface area contributed by atoms with Crippen LogP contribution in [0.15, 0.2) is 55.0 Å². The molecule has 11 heteroatoms. The number of fused-ring (bicyclic) bond motifs is 1. The van der Waals surface area contributed by atoms with Crippen LogP contribution in [0.1, 0.15) is 29.7 Å². The molecule has 220 valence electrons. The second-order valence-electron chi connectivity index (χ2n) is 10.6. The lowest BCUT2D eigenvalue weighted by molar-refractivity contribution is 0.242. The third-order valence-corrected chi connectivity index (χ3v) is 8.00. The summed E-state index contributed by atoms with van der Waals surface area (Å²) in [7, 11) is 4.77. The van der Waals surface area contributed by atoms with Crippen molar-refractivity contribution in [3.63, 3.8) is 0 Å². The average Bonchev–Trinajstić information content (AvgIpc) is 3.70. The highest BCUT2D eigenvalue weighted by molar-refractivity contribution is 5.60. The van der Waals surface area contributed by atoms with Gasteiger partial charge in [0.1, 0.15) is 12.1 Å². The fraction of sp³-hybridized carbons (Fsp3) is 0.387. The maximum Gasteiger partial charge on any atom is 0.230 e.